The molecular weight excluding hydrogens is 254 g/mol. The molecule has 0 unspecified atom stereocenters. The van der Waals surface area contributed by atoms with Gasteiger partial charge in [0.05, 0.1) is 11.6 Å². The van der Waals surface area contributed by atoms with Crippen molar-refractivity contribution in [1.29, 1.82) is 0 Å². The summed E-state index contributed by atoms with van der Waals surface area (Å²) >= 11 is 11.1. The molecule has 0 heterocycles. The Morgan fingerprint density at radius 1 is 1.35 bits per heavy atom. The highest BCUT2D eigenvalue weighted by Crippen LogP contribution is 2.27. The highest BCUT2D eigenvalue weighted by Gasteiger charge is 2.22. The Morgan fingerprint density at radius 3 is 2.24 bits per heavy atom. The molecule has 1 aromatic carbocycles. The summed E-state index contributed by atoms with van der Waals surface area (Å²) in [7, 11) is 0. The van der Waals surface area contributed by atoms with Crippen molar-refractivity contribution in [1.82, 2.24) is 0 Å². The van der Waals surface area contributed by atoms with Crippen molar-refractivity contribution in [2.24, 2.45) is 11.1 Å². The third-order valence-electron chi connectivity index (χ3n) is 2.68. The summed E-state index contributed by atoms with van der Waals surface area (Å²) in [6, 6.07) is 3.84. The molecule has 0 aliphatic carbocycles. The van der Waals surface area contributed by atoms with E-state index in [2.05, 4.69) is 0 Å². The molecule has 0 spiro atoms. The first kappa shape index (κ1) is 14.3. The second kappa shape index (κ2) is 5.23. The van der Waals surface area contributed by atoms with E-state index in [1.54, 1.807) is 0 Å². The van der Waals surface area contributed by atoms with Crippen LogP contribution < -0.4 is 10.5 Å². The molecule has 0 radical (unpaired) electrons. The number of thiocarbonyl (C=S) groups is 1. The van der Waals surface area contributed by atoms with E-state index in [0.717, 1.165) is 21.9 Å². The van der Waals surface area contributed by atoms with Gasteiger partial charge in [-0.15, -0.1) is 0 Å². The fraction of sp³-hybridized carbons (Fsp3) is 0.462. The molecule has 0 amide bonds. The highest BCUT2D eigenvalue weighted by molar-refractivity contribution is 7.80. The number of benzene rings is 1. The third kappa shape index (κ3) is 3.58. The van der Waals surface area contributed by atoms with E-state index in [-0.39, 0.29) is 5.41 Å². The highest BCUT2D eigenvalue weighted by atomic mass is 35.5. The van der Waals surface area contributed by atoms with Gasteiger partial charge in [0.2, 0.25) is 0 Å². The monoisotopic (exact) mass is 271 g/mol. The van der Waals surface area contributed by atoms with Gasteiger partial charge in [0.25, 0.3) is 0 Å². The number of aryl methyl sites for hydroxylation is 2. The van der Waals surface area contributed by atoms with Crippen LogP contribution in [0.3, 0.4) is 0 Å². The molecule has 0 bridgehead atoms. The van der Waals surface area contributed by atoms with Crippen LogP contribution in [-0.4, -0.2) is 11.6 Å². The summed E-state index contributed by atoms with van der Waals surface area (Å²) < 4.78 is 5.72. The van der Waals surface area contributed by atoms with Crippen LogP contribution >= 0.6 is 23.8 Å². The van der Waals surface area contributed by atoms with Crippen LogP contribution in [0.5, 0.6) is 5.75 Å². The van der Waals surface area contributed by atoms with Crippen molar-refractivity contribution in [2.45, 2.75) is 27.7 Å². The largest absolute Gasteiger partial charge is 0.493 e. The quantitative estimate of drug-likeness (QED) is 0.849. The maximum Gasteiger partial charge on any atom is 0.119 e. The molecule has 0 fully saturated rings. The van der Waals surface area contributed by atoms with Crippen molar-refractivity contribution in [2.75, 3.05) is 6.61 Å². The van der Waals surface area contributed by atoms with E-state index in [9.17, 15) is 0 Å². The molecule has 2 nitrogen and oxygen atoms in total. The summed E-state index contributed by atoms with van der Waals surface area (Å²) in [5.41, 5.74) is 7.36. The Hall–Kier alpha value is -0.800. The van der Waals surface area contributed by atoms with Crippen LogP contribution in [0, 0.1) is 19.3 Å². The fourth-order valence-electron chi connectivity index (χ4n) is 1.32. The van der Waals surface area contributed by atoms with Gasteiger partial charge in [-0.2, -0.15) is 0 Å². The SMILES string of the molecule is Cc1cc(OCC(C)(C)C(N)=S)cc(C)c1Cl. The van der Waals surface area contributed by atoms with Crippen molar-refractivity contribution in [3.05, 3.63) is 28.3 Å². The molecule has 94 valence electrons. The van der Waals surface area contributed by atoms with Crippen LogP contribution in [0.1, 0.15) is 25.0 Å². The minimum absolute atomic E-state index is 0.309. The van der Waals surface area contributed by atoms with Gasteiger partial charge in [-0.3, -0.25) is 0 Å². The second-order valence-corrected chi connectivity index (χ2v) is 5.73. The van der Waals surface area contributed by atoms with Gasteiger partial charge in [0.15, 0.2) is 0 Å². The van der Waals surface area contributed by atoms with E-state index in [1.165, 1.54) is 0 Å². The molecule has 2 N–H and O–H groups in total. The zero-order chi connectivity index (χ0) is 13.2. The Balaban J connectivity index is 2.81. The number of halogens is 1. The number of hydrogen-bond acceptors (Lipinski definition) is 2. The molecule has 0 aromatic heterocycles. The standard InChI is InChI=1S/C13H18ClNOS/c1-8-5-10(6-9(2)11(8)14)16-7-13(3,4)12(15)17/h5-6H,7H2,1-4H3,(H2,15,17). The lowest BCUT2D eigenvalue weighted by Gasteiger charge is -2.23. The van der Waals surface area contributed by atoms with Gasteiger partial charge in [0.1, 0.15) is 5.75 Å². The van der Waals surface area contributed by atoms with Crippen LogP contribution in [-0.2, 0) is 0 Å². The molecule has 4 heteroatoms. The first-order valence-corrected chi connectivity index (χ1v) is 6.22. The molecule has 0 aliphatic heterocycles. The number of ether oxygens (including phenoxy) is 1. The van der Waals surface area contributed by atoms with Gasteiger partial charge in [-0.05, 0) is 37.1 Å². The summed E-state index contributed by atoms with van der Waals surface area (Å²) in [6.07, 6.45) is 0. The Labute approximate surface area is 113 Å². The summed E-state index contributed by atoms with van der Waals surface area (Å²) in [4.78, 5) is 0.458. The first-order chi connectivity index (χ1) is 7.74. The van der Waals surface area contributed by atoms with Crippen molar-refractivity contribution >= 4 is 28.8 Å². The van der Waals surface area contributed by atoms with Gasteiger partial charge in [0, 0.05) is 10.4 Å². The van der Waals surface area contributed by atoms with E-state index in [1.807, 2.05) is 39.8 Å². The number of hydrogen-bond donors (Lipinski definition) is 1. The van der Waals surface area contributed by atoms with Gasteiger partial charge in [-0.1, -0.05) is 37.7 Å². The maximum absolute atomic E-state index is 6.09. The van der Waals surface area contributed by atoms with E-state index >= 15 is 0 Å². The molecular formula is C13H18ClNOS. The average molecular weight is 272 g/mol. The van der Waals surface area contributed by atoms with Crippen LogP contribution in [0.25, 0.3) is 0 Å². The van der Waals surface area contributed by atoms with Crippen molar-refractivity contribution < 1.29 is 4.74 Å². The summed E-state index contributed by atoms with van der Waals surface area (Å²) in [5, 5.41) is 0.783. The van der Waals surface area contributed by atoms with Gasteiger partial charge < -0.3 is 10.5 Å². The summed E-state index contributed by atoms with van der Waals surface area (Å²) in [5.74, 6) is 0.800. The minimum atomic E-state index is -0.309. The number of nitrogens with two attached hydrogens (primary N) is 1. The minimum Gasteiger partial charge on any atom is -0.493 e. The summed E-state index contributed by atoms with van der Waals surface area (Å²) in [6.45, 7) is 8.31. The van der Waals surface area contributed by atoms with E-state index < -0.39 is 0 Å². The molecule has 1 aromatic rings. The Morgan fingerprint density at radius 2 is 1.82 bits per heavy atom. The third-order valence-corrected chi connectivity index (χ3v) is 3.83. The van der Waals surface area contributed by atoms with E-state index in [0.29, 0.717) is 11.6 Å². The molecule has 0 aliphatic rings. The average Bonchev–Trinajstić information content (AvgIpc) is 2.22. The Kier molecular flexibility index (Phi) is 4.39. The predicted molar refractivity (Wildman–Crippen MR) is 77.0 cm³/mol. The molecule has 17 heavy (non-hydrogen) atoms. The molecule has 0 atom stereocenters. The normalized spacial score (nSPS) is 11.4. The maximum atomic E-state index is 6.09. The van der Waals surface area contributed by atoms with Crippen LogP contribution in [0.4, 0.5) is 0 Å². The van der Waals surface area contributed by atoms with Crippen LogP contribution in [0.2, 0.25) is 5.02 Å². The van der Waals surface area contributed by atoms with E-state index in [4.69, 9.17) is 34.3 Å². The molecule has 0 saturated carbocycles. The second-order valence-electron chi connectivity index (χ2n) is 4.91. The van der Waals surface area contributed by atoms with Crippen molar-refractivity contribution in [3.8, 4) is 5.75 Å². The Bertz CT molecular complexity index is 420. The lowest BCUT2D eigenvalue weighted by molar-refractivity contribution is 0.236. The lowest BCUT2D eigenvalue weighted by Crippen LogP contribution is -2.35. The van der Waals surface area contributed by atoms with Gasteiger partial charge >= 0.3 is 0 Å². The zero-order valence-corrected chi connectivity index (χ0v) is 12.2. The van der Waals surface area contributed by atoms with Crippen LogP contribution in [0.15, 0.2) is 12.1 Å². The predicted octanol–water partition coefficient (Wildman–Crippen LogP) is 3.65. The smallest absolute Gasteiger partial charge is 0.119 e. The topological polar surface area (TPSA) is 35.2 Å². The fourth-order valence-corrected chi connectivity index (χ4v) is 1.49. The van der Waals surface area contributed by atoms with Crippen molar-refractivity contribution in [3.63, 3.8) is 0 Å². The lowest BCUT2D eigenvalue weighted by atomic mass is 9.95. The molecule has 1 rings (SSSR count). The van der Waals surface area contributed by atoms with Gasteiger partial charge in [-0.25, -0.2) is 0 Å². The number of rotatable bonds is 4. The molecule has 0 saturated heterocycles. The first-order valence-electron chi connectivity index (χ1n) is 5.43. The zero-order valence-electron chi connectivity index (χ0n) is 10.6.